The topological polar surface area (TPSA) is 0 Å². The van der Waals surface area contributed by atoms with Crippen molar-refractivity contribution in [1.29, 1.82) is 0 Å². The zero-order chi connectivity index (χ0) is 20.0. The third-order valence-corrected chi connectivity index (χ3v) is 11.5. The molecule has 0 amide bonds. The molecule has 2 aromatic rings. The second-order valence-electron chi connectivity index (χ2n) is 8.64. The molecule has 28 heavy (non-hydrogen) atoms. The monoisotopic (exact) mass is 432 g/mol. The Kier molecular flexibility index (Phi) is 8.09. The van der Waals surface area contributed by atoms with Gasteiger partial charge in [-0.15, -0.1) is 0 Å². The van der Waals surface area contributed by atoms with Gasteiger partial charge in [0.15, 0.2) is 0 Å². The number of unbranched alkanes of at least 4 members (excludes halogenated alkanes) is 9. The molecule has 0 unspecified atom stereocenters. The second kappa shape index (κ2) is 10.3. The molecule has 3 heteroatoms. The van der Waals surface area contributed by atoms with Crippen LogP contribution in [-0.4, -0.2) is 8.07 Å². The Labute approximate surface area is 182 Å². The van der Waals surface area contributed by atoms with Gasteiger partial charge in [0.05, 0.1) is 0 Å². The third-order valence-electron chi connectivity index (χ3n) is 6.47. The SMILES string of the molecule is CCCCCCCCCCCC[Si]1(C)c2ccc(Cl)cc2-c2cc(Cl)ccc21. The molecule has 0 atom stereocenters. The van der Waals surface area contributed by atoms with Crippen LogP contribution < -0.4 is 10.4 Å². The highest BCUT2D eigenvalue weighted by Gasteiger charge is 2.40. The molecule has 3 rings (SSSR count). The average Bonchev–Trinajstić information content (AvgIpc) is 2.91. The number of hydrogen-bond donors (Lipinski definition) is 0. The van der Waals surface area contributed by atoms with Crippen LogP contribution in [0.5, 0.6) is 0 Å². The van der Waals surface area contributed by atoms with Crippen molar-refractivity contribution >= 4 is 41.6 Å². The van der Waals surface area contributed by atoms with Crippen LogP contribution in [-0.2, 0) is 0 Å². The van der Waals surface area contributed by atoms with Gasteiger partial charge in [0, 0.05) is 10.0 Å². The van der Waals surface area contributed by atoms with Gasteiger partial charge in [-0.05, 0) is 51.8 Å². The summed E-state index contributed by atoms with van der Waals surface area (Å²) in [4.78, 5) is 0. The summed E-state index contributed by atoms with van der Waals surface area (Å²) in [6, 6.07) is 14.3. The highest BCUT2D eigenvalue weighted by atomic mass is 35.5. The van der Waals surface area contributed by atoms with Crippen molar-refractivity contribution < 1.29 is 0 Å². The van der Waals surface area contributed by atoms with Crippen molar-refractivity contribution in [3.05, 3.63) is 46.4 Å². The minimum Gasteiger partial charge on any atom is -0.0843 e. The zero-order valence-electron chi connectivity index (χ0n) is 17.5. The van der Waals surface area contributed by atoms with Crippen LogP contribution in [0.15, 0.2) is 36.4 Å². The summed E-state index contributed by atoms with van der Waals surface area (Å²) in [6.45, 7) is 4.82. The molecule has 0 bridgehead atoms. The van der Waals surface area contributed by atoms with Crippen molar-refractivity contribution in [1.82, 2.24) is 0 Å². The van der Waals surface area contributed by atoms with E-state index in [-0.39, 0.29) is 0 Å². The summed E-state index contributed by atoms with van der Waals surface area (Å²) in [7, 11) is -1.68. The van der Waals surface area contributed by atoms with Crippen LogP contribution in [0.3, 0.4) is 0 Å². The number of benzene rings is 2. The summed E-state index contributed by atoms with van der Waals surface area (Å²) < 4.78 is 0. The van der Waals surface area contributed by atoms with Crippen LogP contribution in [0.4, 0.5) is 0 Å². The van der Waals surface area contributed by atoms with E-state index >= 15 is 0 Å². The van der Waals surface area contributed by atoms with E-state index in [0.717, 1.165) is 10.0 Å². The van der Waals surface area contributed by atoms with Crippen LogP contribution in [0.2, 0.25) is 22.6 Å². The number of hydrogen-bond acceptors (Lipinski definition) is 0. The maximum Gasteiger partial charge on any atom is 0.116 e. The molecule has 0 saturated heterocycles. The molecule has 0 fully saturated rings. The fourth-order valence-electron chi connectivity index (χ4n) is 4.82. The summed E-state index contributed by atoms with van der Waals surface area (Å²) in [5.41, 5.74) is 2.65. The van der Waals surface area contributed by atoms with Crippen LogP contribution in [0.25, 0.3) is 11.1 Å². The molecular weight excluding hydrogens is 399 g/mol. The smallest absolute Gasteiger partial charge is 0.0843 e. The standard InChI is InChI=1S/C25H34Cl2Si/c1-3-4-5-6-7-8-9-10-11-12-17-28(2)24-15-13-20(26)18-22(24)23-19-21(27)14-16-25(23)28/h13-16,18-19H,3-12,17H2,1-2H3. The predicted octanol–water partition coefficient (Wildman–Crippen LogP) is 8.09. The molecule has 1 aliphatic heterocycles. The molecule has 1 heterocycles. The molecular formula is C25H34Cl2Si. The second-order valence-corrected chi connectivity index (χ2v) is 13.8. The Balaban J connectivity index is 1.56. The number of fused-ring (bicyclic) bond motifs is 3. The molecule has 1 aliphatic rings. The van der Waals surface area contributed by atoms with Crippen LogP contribution >= 0.6 is 23.2 Å². The molecule has 152 valence electrons. The van der Waals surface area contributed by atoms with Crippen molar-refractivity contribution in [2.45, 2.75) is 83.7 Å². The van der Waals surface area contributed by atoms with Gasteiger partial charge in [-0.2, -0.15) is 0 Å². The van der Waals surface area contributed by atoms with Gasteiger partial charge in [0.2, 0.25) is 0 Å². The van der Waals surface area contributed by atoms with E-state index in [2.05, 4.69) is 49.9 Å². The quantitative estimate of drug-likeness (QED) is 0.248. The van der Waals surface area contributed by atoms with Crippen molar-refractivity contribution in [3.63, 3.8) is 0 Å². The summed E-state index contributed by atoms with van der Waals surface area (Å²) in [6.07, 6.45) is 13.9. The lowest BCUT2D eigenvalue weighted by atomic mass is 10.1. The first-order valence-corrected chi connectivity index (χ1v) is 14.6. The average molecular weight is 434 g/mol. The summed E-state index contributed by atoms with van der Waals surface area (Å²) in [5, 5.41) is 4.74. The number of rotatable bonds is 11. The summed E-state index contributed by atoms with van der Waals surface area (Å²) >= 11 is 12.6. The largest absolute Gasteiger partial charge is 0.116 e. The Hall–Kier alpha value is -0.763. The van der Waals surface area contributed by atoms with Gasteiger partial charge < -0.3 is 0 Å². The summed E-state index contributed by atoms with van der Waals surface area (Å²) in [5.74, 6) is 0. The maximum atomic E-state index is 6.32. The van der Waals surface area contributed by atoms with Crippen LogP contribution in [0, 0.1) is 0 Å². The minimum atomic E-state index is -1.68. The highest BCUT2D eigenvalue weighted by Crippen LogP contribution is 2.34. The highest BCUT2D eigenvalue weighted by molar-refractivity contribution is 7.04. The molecule has 0 saturated carbocycles. The number of halogens is 2. The van der Waals surface area contributed by atoms with Gasteiger partial charge >= 0.3 is 0 Å². The minimum absolute atomic E-state index is 0.821. The third kappa shape index (κ3) is 5.04. The van der Waals surface area contributed by atoms with E-state index in [1.54, 1.807) is 10.4 Å². The van der Waals surface area contributed by atoms with Gasteiger partial charge in [-0.1, -0.05) is 113 Å². The Morgan fingerprint density at radius 3 is 1.54 bits per heavy atom. The normalized spacial score (nSPS) is 14.1. The van der Waals surface area contributed by atoms with E-state index in [1.807, 2.05) is 0 Å². The fraction of sp³-hybridized carbons (Fsp3) is 0.520. The fourth-order valence-corrected chi connectivity index (χ4v) is 9.46. The lowest BCUT2D eigenvalue weighted by Crippen LogP contribution is -2.52. The molecule has 0 nitrogen and oxygen atoms in total. The maximum absolute atomic E-state index is 6.32. The van der Waals surface area contributed by atoms with E-state index < -0.39 is 8.07 Å². The molecule has 0 radical (unpaired) electrons. The van der Waals surface area contributed by atoms with E-state index in [9.17, 15) is 0 Å². The molecule has 2 aromatic carbocycles. The van der Waals surface area contributed by atoms with Crippen molar-refractivity contribution in [2.75, 3.05) is 0 Å². The first-order chi connectivity index (χ1) is 13.6. The Morgan fingerprint density at radius 1 is 0.643 bits per heavy atom. The lowest BCUT2D eigenvalue weighted by molar-refractivity contribution is 0.562. The molecule has 0 N–H and O–H groups in total. The first kappa shape index (κ1) is 21.9. The van der Waals surface area contributed by atoms with E-state index in [0.29, 0.717) is 0 Å². The molecule has 0 aromatic heterocycles. The van der Waals surface area contributed by atoms with Crippen molar-refractivity contribution in [3.8, 4) is 11.1 Å². The van der Waals surface area contributed by atoms with Gasteiger partial charge in [-0.25, -0.2) is 0 Å². The van der Waals surface area contributed by atoms with Gasteiger partial charge in [0.25, 0.3) is 0 Å². The van der Waals surface area contributed by atoms with E-state index in [4.69, 9.17) is 23.2 Å². The van der Waals surface area contributed by atoms with Gasteiger partial charge in [-0.3, -0.25) is 0 Å². The zero-order valence-corrected chi connectivity index (χ0v) is 20.0. The lowest BCUT2D eigenvalue weighted by Gasteiger charge is -2.25. The predicted molar refractivity (Wildman–Crippen MR) is 129 cm³/mol. The van der Waals surface area contributed by atoms with Gasteiger partial charge in [0.1, 0.15) is 8.07 Å². The Bertz CT molecular complexity index is 733. The molecule has 0 spiro atoms. The molecule has 0 aliphatic carbocycles. The Morgan fingerprint density at radius 2 is 1.07 bits per heavy atom. The van der Waals surface area contributed by atoms with Crippen molar-refractivity contribution in [2.24, 2.45) is 0 Å². The van der Waals surface area contributed by atoms with Crippen LogP contribution in [0.1, 0.15) is 71.1 Å². The first-order valence-electron chi connectivity index (χ1n) is 11.2. The van der Waals surface area contributed by atoms with E-state index in [1.165, 1.54) is 81.4 Å².